The number of rotatable bonds is 6. The van der Waals surface area contributed by atoms with Crippen LogP contribution < -0.4 is 5.32 Å². The Morgan fingerprint density at radius 2 is 1.95 bits per heavy atom. The summed E-state index contributed by atoms with van der Waals surface area (Å²) in [6.07, 6.45) is 3.62. The van der Waals surface area contributed by atoms with Gasteiger partial charge in [0.2, 0.25) is 0 Å². The Morgan fingerprint density at radius 1 is 1.29 bits per heavy atom. The lowest BCUT2D eigenvalue weighted by Gasteiger charge is -2.43. The van der Waals surface area contributed by atoms with Crippen LogP contribution in [-0.2, 0) is 0 Å². The van der Waals surface area contributed by atoms with E-state index in [4.69, 9.17) is 0 Å². The molecule has 21 heavy (non-hydrogen) atoms. The maximum atomic E-state index is 13.8. The van der Waals surface area contributed by atoms with Gasteiger partial charge in [-0.05, 0) is 82.9 Å². The molecule has 1 heterocycles. The molecule has 2 rings (SSSR count). The van der Waals surface area contributed by atoms with E-state index in [1.807, 2.05) is 6.07 Å². The van der Waals surface area contributed by atoms with Gasteiger partial charge in [-0.15, -0.1) is 0 Å². The third kappa shape index (κ3) is 3.64. The van der Waals surface area contributed by atoms with Crippen LogP contribution in [-0.4, -0.2) is 30.1 Å². The van der Waals surface area contributed by atoms with Gasteiger partial charge in [-0.1, -0.05) is 13.0 Å². The molecule has 1 aromatic carbocycles. The molecule has 0 spiro atoms. The summed E-state index contributed by atoms with van der Waals surface area (Å²) in [5.41, 5.74) is 2.25. The molecule has 2 nitrogen and oxygen atoms in total. The van der Waals surface area contributed by atoms with Gasteiger partial charge < -0.3 is 5.32 Å². The standard InChI is InChI=1S/C18H29FN2/c1-5-10-20-17(16-13-15(19)9-8-14(16)2)18(3,4)21-11-6-7-12-21/h8-9,13,17,20H,5-7,10-12H2,1-4H3. The monoisotopic (exact) mass is 292 g/mol. The first-order chi connectivity index (χ1) is 9.96. The Hall–Kier alpha value is -0.930. The number of halogens is 1. The minimum absolute atomic E-state index is 0.00970. The number of nitrogens with one attached hydrogen (secondary N) is 1. The van der Waals surface area contributed by atoms with Gasteiger partial charge in [0, 0.05) is 5.54 Å². The van der Waals surface area contributed by atoms with E-state index >= 15 is 0 Å². The van der Waals surface area contributed by atoms with E-state index in [-0.39, 0.29) is 17.4 Å². The number of nitrogens with zero attached hydrogens (tertiary/aromatic N) is 1. The second-order valence-corrected chi connectivity index (χ2v) is 6.74. The largest absolute Gasteiger partial charge is 0.308 e. The summed E-state index contributed by atoms with van der Waals surface area (Å²) in [7, 11) is 0. The molecular formula is C18H29FN2. The fourth-order valence-electron chi connectivity index (χ4n) is 3.43. The minimum atomic E-state index is -0.142. The summed E-state index contributed by atoms with van der Waals surface area (Å²) in [6.45, 7) is 12.1. The van der Waals surface area contributed by atoms with E-state index in [0.717, 1.165) is 37.2 Å². The van der Waals surface area contributed by atoms with E-state index in [0.29, 0.717) is 0 Å². The molecule has 1 aliphatic heterocycles. The van der Waals surface area contributed by atoms with Crippen LogP contribution in [0.15, 0.2) is 18.2 Å². The lowest BCUT2D eigenvalue weighted by Crippen LogP contribution is -2.51. The summed E-state index contributed by atoms with van der Waals surface area (Å²) in [4.78, 5) is 2.55. The van der Waals surface area contributed by atoms with E-state index in [1.165, 1.54) is 12.8 Å². The average Bonchev–Trinajstić information content (AvgIpc) is 2.97. The molecule has 0 bridgehead atoms. The molecule has 0 radical (unpaired) electrons. The van der Waals surface area contributed by atoms with Crippen LogP contribution in [0.5, 0.6) is 0 Å². The zero-order valence-electron chi connectivity index (χ0n) is 13.9. The highest BCUT2D eigenvalue weighted by atomic mass is 19.1. The topological polar surface area (TPSA) is 15.3 Å². The first kappa shape index (κ1) is 16.4. The van der Waals surface area contributed by atoms with Gasteiger partial charge >= 0.3 is 0 Å². The second kappa shape index (κ2) is 6.89. The van der Waals surface area contributed by atoms with Crippen molar-refractivity contribution >= 4 is 0 Å². The van der Waals surface area contributed by atoms with Crippen LogP contribution in [0.1, 0.15) is 57.2 Å². The SMILES string of the molecule is CCCNC(c1cc(F)ccc1C)C(C)(C)N1CCCC1. The Kier molecular flexibility index (Phi) is 5.39. The molecule has 0 aromatic heterocycles. The van der Waals surface area contributed by atoms with Crippen LogP contribution >= 0.6 is 0 Å². The third-order valence-electron chi connectivity index (χ3n) is 4.78. The van der Waals surface area contributed by atoms with Crippen molar-refractivity contribution in [1.82, 2.24) is 10.2 Å². The molecule has 1 N–H and O–H groups in total. The van der Waals surface area contributed by atoms with Crippen LogP contribution in [0.25, 0.3) is 0 Å². The number of likely N-dealkylation sites (tertiary alicyclic amines) is 1. The van der Waals surface area contributed by atoms with Crippen molar-refractivity contribution < 1.29 is 4.39 Å². The van der Waals surface area contributed by atoms with Gasteiger partial charge in [-0.25, -0.2) is 4.39 Å². The fourth-order valence-corrected chi connectivity index (χ4v) is 3.43. The Labute approximate surface area is 128 Å². The first-order valence-electron chi connectivity index (χ1n) is 8.21. The van der Waals surface area contributed by atoms with E-state index in [2.05, 4.69) is 37.9 Å². The lowest BCUT2D eigenvalue weighted by atomic mass is 9.85. The number of benzene rings is 1. The molecule has 118 valence electrons. The third-order valence-corrected chi connectivity index (χ3v) is 4.78. The van der Waals surface area contributed by atoms with E-state index in [9.17, 15) is 4.39 Å². The molecule has 1 unspecified atom stereocenters. The lowest BCUT2D eigenvalue weighted by molar-refractivity contribution is 0.106. The average molecular weight is 292 g/mol. The van der Waals surface area contributed by atoms with Crippen molar-refractivity contribution in [2.45, 2.75) is 58.5 Å². The molecule has 0 saturated carbocycles. The number of hydrogen-bond donors (Lipinski definition) is 1. The summed E-state index contributed by atoms with van der Waals surface area (Å²) in [5.74, 6) is -0.142. The fraction of sp³-hybridized carbons (Fsp3) is 0.667. The second-order valence-electron chi connectivity index (χ2n) is 6.74. The van der Waals surface area contributed by atoms with Crippen molar-refractivity contribution in [3.63, 3.8) is 0 Å². The van der Waals surface area contributed by atoms with Crippen molar-refractivity contribution in [3.05, 3.63) is 35.1 Å². The predicted molar refractivity (Wildman–Crippen MR) is 87.1 cm³/mol. The smallest absolute Gasteiger partial charge is 0.123 e. The van der Waals surface area contributed by atoms with Crippen LogP contribution in [0, 0.1) is 12.7 Å². The van der Waals surface area contributed by atoms with Crippen LogP contribution in [0.3, 0.4) is 0 Å². The van der Waals surface area contributed by atoms with Crippen molar-refractivity contribution in [2.24, 2.45) is 0 Å². The quantitative estimate of drug-likeness (QED) is 0.851. The van der Waals surface area contributed by atoms with Gasteiger partial charge in [0.1, 0.15) is 5.82 Å². The number of hydrogen-bond acceptors (Lipinski definition) is 2. The van der Waals surface area contributed by atoms with Crippen molar-refractivity contribution in [3.8, 4) is 0 Å². The predicted octanol–water partition coefficient (Wildman–Crippen LogP) is 4.05. The van der Waals surface area contributed by atoms with Gasteiger partial charge in [0.15, 0.2) is 0 Å². The molecule has 1 aromatic rings. The molecule has 0 amide bonds. The highest BCUT2D eigenvalue weighted by molar-refractivity contribution is 5.32. The van der Waals surface area contributed by atoms with Gasteiger partial charge in [0.25, 0.3) is 0 Å². The van der Waals surface area contributed by atoms with Gasteiger partial charge in [-0.2, -0.15) is 0 Å². The zero-order chi connectivity index (χ0) is 15.5. The molecule has 3 heteroatoms. The highest BCUT2D eigenvalue weighted by Gasteiger charge is 2.38. The minimum Gasteiger partial charge on any atom is -0.308 e. The van der Waals surface area contributed by atoms with E-state index in [1.54, 1.807) is 12.1 Å². The maximum absolute atomic E-state index is 13.8. The summed E-state index contributed by atoms with van der Waals surface area (Å²) >= 11 is 0. The Bertz CT molecular complexity index is 464. The number of aryl methyl sites for hydroxylation is 1. The van der Waals surface area contributed by atoms with Crippen LogP contribution in [0.4, 0.5) is 4.39 Å². The Morgan fingerprint density at radius 3 is 2.57 bits per heavy atom. The molecule has 1 fully saturated rings. The van der Waals surface area contributed by atoms with Gasteiger partial charge in [0.05, 0.1) is 6.04 Å². The summed E-state index contributed by atoms with van der Waals surface area (Å²) < 4.78 is 13.8. The maximum Gasteiger partial charge on any atom is 0.123 e. The Balaban J connectivity index is 2.34. The van der Waals surface area contributed by atoms with Gasteiger partial charge in [-0.3, -0.25) is 4.90 Å². The normalized spacial score (nSPS) is 18.1. The molecule has 1 aliphatic rings. The molecule has 0 aliphatic carbocycles. The summed E-state index contributed by atoms with van der Waals surface area (Å²) in [5, 5.41) is 3.66. The van der Waals surface area contributed by atoms with Crippen LogP contribution in [0.2, 0.25) is 0 Å². The van der Waals surface area contributed by atoms with Crippen molar-refractivity contribution in [2.75, 3.05) is 19.6 Å². The first-order valence-corrected chi connectivity index (χ1v) is 8.21. The molecule has 1 atom stereocenters. The highest BCUT2D eigenvalue weighted by Crippen LogP contribution is 2.35. The molecular weight excluding hydrogens is 263 g/mol. The van der Waals surface area contributed by atoms with E-state index < -0.39 is 0 Å². The zero-order valence-corrected chi connectivity index (χ0v) is 13.9. The summed E-state index contributed by atoms with van der Waals surface area (Å²) in [6, 6.07) is 5.32. The molecule has 1 saturated heterocycles. The van der Waals surface area contributed by atoms with Crippen molar-refractivity contribution in [1.29, 1.82) is 0 Å².